The van der Waals surface area contributed by atoms with Crippen molar-refractivity contribution in [1.82, 2.24) is 19.2 Å². The fourth-order valence-electron chi connectivity index (χ4n) is 4.17. The minimum Gasteiger partial charge on any atom is -0.378 e. The maximum Gasteiger partial charge on any atom is 0.251 e. The van der Waals surface area contributed by atoms with Crippen molar-refractivity contribution in [2.45, 2.75) is 45.1 Å². The van der Waals surface area contributed by atoms with E-state index >= 15 is 0 Å². The van der Waals surface area contributed by atoms with Crippen molar-refractivity contribution in [3.63, 3.8) is 0 Å². The number of aromatic amines is 1. The lowest BCUT2D eigenvalue weighted by Crippen LogP contribution is -2.47. The molecule has 29 heavy (non-hydrogen) atoms. The number of carbonyl (C=O) groups is 1. The molecule has 3 heterocycles. The van der Waals surface area contributed by atoms with E-state index in [-0.39, 0.29) is 35.7 Å². The lowest BCUT2D eigenvalue weighted by molar-refractivity contribution is -0.138. The molecule has 0 unspecified atom stereocenters. The van der Waals surface area contributed by atoms with Crippen molar-refractivity contribution in [2.75, 3.05) is 39.0 Å². The number of rotatable bonds is 6. The molecule has 2 saturated heterocycles. The molecule has 1 aromatic heterocycles. The van der Waals surface area contributed by atoms with Crippen molar-refractivity contribution in [3.05, 3.63) is 27.9 Å². The number of ether oxygens (including phenoxy) is 1. The number of nitrogens with one attached hydrogen (secondary N) is 1. The molecule has 0 aliphatic carbocycles. The van der Waals surface area contributed by atoms with Crippen molar-refractivity contribution in [1.29, 1.82) is 0 Å². The summed E-state index contributed by atoms with van der Waals surface area (Å²) in [6, 6.07) is 1.43. The van der Waals surface area contributed by atoms with E-state index in [1.807, 2.05) is 4.90 Å². The molecule has 2 fully saturated rings. The standard InChI is InChI=1S/C19H30N4O5S/c1-3-29(26,27)23-9-6-14(7-10-23)19(25)22-8-4-5-15(12-22)18-20-16(13-28-2)11-17(24)21-18/h11,14-15H,3-10,12-13H2,1-2H3,(H,20,21,24)/t15-/m0/s1. The molecule has 0 spiro atoms. The second-order valence-electron chi connectivity index (χ2n) is 7.75. The maximum atomic E-state index is 13.0. The van der Waals surface area contributed by atoms with E-state index in [0.717, 1.165) is 12.8 Å². The zero-order chi connectivity index (χ0) is 21.0. The van der Waals surface area contributed by atoms with Gasteiger partial charge in [0.05, 0.1) is 18.1 Å². The van der Waals surface area contributed by atoms with Gasteiger partial charge in [-0.1, -0.05) is 0 Å². The first kappa shape index (κ1) is 21.9. The summed E-state index contributed by atoms with van der Waals surface area (Å²) in [5.74, 6) is 0.610. The van der Waals surface area contributed by atoms with Gasteiger partial charge in [-0.15, -0.1) is 0 Å². The molecule has 2 aliphatic rings. The van der Waals surface area contributed by atoms with E-state index < -0.39 is 10.0 Å². The van der Waals surface area contributed by atoms with E-state index in [4.69, 9.17) is 4.74 Å². The van der Waals surface area contributed by atoms with Crippen molar-refractivity contribution in [2.24, 2.45) is 5.92 Å². The SMILES string of the molecule is CCS(=O)(=O)N1CCC(C(=O)N2CCC[C@H](c3nc(COC)cc(=O)[nH]3)C2)CC1. The minimum absolute atomic E-state index is 0.0160. The Labute approximate surface area is 171 Å². The number of piperidine rings is 2. The fourth-order valence-corrected chi connectivity index (χ4v) is 5.30. The molecule has 1 aromatic rings. The van der Waals surface area contributed by atoms with Gasteiger partial charge in [0, 0.05) is 51.2 Å². The van der Waals surface area contributed by atoms with E-state index in [1.54, 1.807) is 14.0 Å². The van der Waals surface area contributed by atoms with E-state index in [1.165, 1.54) is 10.4 Å². The topological polar surface area (TPSA) is 113 Å². The molecule has 9 nitrogen and oxygen atoms in total. The van der Waals surface area contributed by atoms with Crippen LogP contribution >= 0.6 is 0 Å². The molecule has 0 bridgehead atoms. The van der Waals surface area contributed by atoms with Crippen LogP contribution in [-0.2, 0) is 26.2 Å². The van der Waals surface area contributed by atoms with Crippen LogP contribution in [0, 0.1) is 5.92 Å². The Balaban J connectivity index is 1.64. The third-order valence-electron chi connectivity index (χ3n) is 5.79. The summed E-state index contributed by atoms with van der Waals surface area (Å²) in [5.41, 5.74) is 0.370. The number of methoxy groups -OCH3 is 1. The van der Waals surface area contributed by atoms with Crippen molar-refractivity contribution >= 4 is 15.9 Å². The van der Waals surface area contributed by atoms with Crippen LogP contribution in [0.25, 0.3) is 0 Å². The summed E-state index contributed by atoms with van der Waals surface area (Å²) in [4.78, 5) is 34.2. The number of hydrogen-bond donors (Lipinski definition) is 1. The van der Waals surface area contributed by atoms with E-state index in [0.29, 0.717) is 50.5 Å². The Morgan fingerprint density at radius 1 is 1.28 bits per heavy atom. The third-order valence-corrected chi connectivity index (χ3v) is 7.67. The second kappa shape index (κ2) is 9.36. The highest BCUT2D eigenvalue weighted by Crippen LogP contribution is 2.28. The van der Waals surface area contributed by atoms with Gasteiger partial charge in [-0.3, -0.25) is 9.59 Å². The molecule has 1 atom stereocenters. The molecule has 1 amide bonds. The molecular weight excluding hydrogens is 396 g/mol. The lowest BCUT2D eigenvalue weighted by atomic mass is 9.92. The van der Waals surface area contributed by atoms with Crippen LogP contribution in [0.15, 0.2) is 10.9 Å². The van der Waals surface area contributed by atoms with E-state index in [2.05, 4.69) is 9.97 Å². The zero-order valence-corrected chi connectivity index (χ0v) is 17.9. The molecule has 2 aliphatic heterocycles. The number of H-pyrrole nitrogens is 1. The predicted octanol–water partition coefficient (Wildman–Crippen LogP) is 0.684. The zero-order valence-electron chi connectivity index (χ0n) is 17.1. The number of sulfonamides is 1. The normalized spacial score (nSPS) is 22.0. The molecule has 162 valence electrons. The Morgan fingerprint density at radius 2 is 2.00 bits per heavy atom. The van der Waals surface area contributed by atoms with Crippen LogP contribution in [0.4, 0.5) is 0 Å². The smallest absolute Gasteiger partial charge is 0.251 e. The first-order valence-electron chi connectivity index (χ1n) is 10.2. The molecule has 3 rings (SSSR count). The van der Waals surface area contributed by atoms with Gasteiger partial charge in [-0.05, 0) is 32.6 Å². The number of hydrogen-bond acceptors (Lipinski definition) is 6. The van der Waals surface area contributed by atoms with Gasteiger partial charge in [-0.2, -0.15) is 0 Å². The lowest BCUT2D eigenvalue weighted by Gasteiger charge is -2.37. The number of amides is 1. The van der Waals surface area contributed by atoms with Gasteiger partial charge >= 0.3 is 0 Å². The Kier molecular flexibility index (Phi) is 7.07. The van der Waals surface area contributed by atoms with Crippen LogP contribution in [0.2, 0.25) is 0 Å². The third kappa shape index (κ3) is 5.23. The Bertz CT molecular complexity index is 877. The fraction of sp³-hybridized carbons (Fsp3) is 0.737. The van der Waals surface area contributed by atoms with E-state index in [9.17, 15) is 18.0 Å². The summed E-state index contributed by atoms with van der Waals surface area (Å²) < 4.78 is 30.6. The largest absolute Gasteiger partial charge is 0.378 e. The molecule has 10 heteroatoms. The summed E-state index contributed by atoms with van der Waals surface area (Å²) >= 11 is 0. The van der Waals surface area contributed by atoms with Gasteiger partial charge in [0.2, 0.25) is 15.9 Å². The van der Waals surface area contributed by atoms with Crippen molar-refractivity contribution < 1.29 is 17.9 Å². The average Bonchev–Trinajstić information content (AvgIpc) is 2.73. The van der Waals surface area contributed by atoms with Crippen LogP contribution in [0.5, 0.6) is 0 Å². The second-order valence-corrected chi connectivity index (χ2v) is 10.0. The predicted molar refractivity (Wildman–Crippen MR) is 108 cm³/mol. The highest BCUT2D eigenvalue weighted by Gasteiger charge is 2.34. The van der Waals surface area contributed by atoms with Gasteiger partial charge in [0.25, 0.3) is 5.56 Å². The van der Waals surface area contributed by atoms with Crippen LogP contribution in [0.1, 0.15) is 50.0 Å². The maximum absolute atomic E-state index is 13.0. The highest BCUT2D eigenvalue weighted by atomic mass is 32.2. The van der Waals surface area contributed by atoms with Gasteiger partial charge in [0.15, 0.2) is 0 Å². The number of likely N-dealkylation sites (tertiary alicyclic amines) is 1. The molecular formula is C19H30N4O5S. The minimum atomic E-state index is -3.20. The van der Waals surface area contributed by atoms with Crippen LogP contribution in [-0.4, -0.2) is 72.5 Å². The number of carbonyl (C=O) groups excluding carboxylic acids is 1. The van der Waals surface area contributed by atoms with Crippen molar-refractivity contribution in [3.8, 4) is 0 Å². The Morgan fingerprint density at radius 3 is 2.66 bits per heavy atom. The first-order valence-corrected chi connectivity index (χ1v) is 11.8. The Hall–Kier alpha value is -1.78. The molecule has 0 saturated carbocycles. The van der Waals surface area contributed by atoms with Gasteiger partial charge < -0.3 is 14.6 Å². The van der Waals surface area contributed by atoms with Crippen LogP contribution < -0.4 is 5.56 Å². The van der Waals surface area contributed by atoms with Gasteiger partial charge in [-0.25, -0.2) is 17.7 Å². The highest BCUT2D eigenvalue weighted by molar-refractivity contribution is 7.89. The summed E-state index contributed by atoms with van der Waals surface area (Å²) in [6.45, 7) is 3.91. The quantitative estimate of drug-likeness (QED) is 0.716. The number of aromatic nitrogens is 2. The first-order chi connectivity index (χ1) is 13.8. The summed E-state index contributed by atoms with van der Waals surface area (Å²) in [6.07, 6.45) is 2.81. The molecule has 0 radical (unpaired) electrons. The monoisotopic (exact) mass is 426 g/mol. The van der Waals surface area contributed by atoms with Crippen LogP contribution in [0.3, 0.4) is 0 Å². The molecule has 0 aromatic carbocycles. The summed E-state index contributed by atoms with van der Waals surface area (Å²) in [7, 11) is -1.64. The average molecular weight is 427 g/mol. The molecule has 1 N–H and O–H groups in total. The summed E-state index contributed by atoms with van der Waals surface area (Å²) in [5, 5.41) is 0. The van der Waals surface area contributed by atoms with Gasteiger partial charge in [0.1, 0.15) is 5.82 Å². The number of nitrogens with zero attached hydrogens (tertiary/aromatic N) is 3.